The summed E-state index contributed by atoms with van der Waals surface area (Å²) in [6.07, 6.45) is 10.7. The van der Waals surface area contributed by atoms with E-state index in [1.807, 2.05) is 23.5 Å². The van der Waals surface area contributed by atoms with Crippen LogP contribution in [-0.2, 0) is 6.42 Å². The predicted molar refractivity (Wildman–Crippen MR) is 228 cm³/mol. The van der Waals surface area contributed by atoms with Crippen LogP contribution in [0.2, 0.25) is 0 Å². The molecule has 12 rings (SSSR count). The topological polar surface area (TPSA) is 68.9 Å². The normalized spacial score (nSPS) is 16.6. The Morgan fingerprint density at radius 1 is 0.714 bits per heavy atom. The van der Waals surface area contributed by atoms with E-state index in [0.29, 0.717) is 11.1 Å². The van der Waals surface area contributed by atoms with Crippen LogP contribution in [0.1, 0.15) is 57.7 Å². The highest BCUT2D eigenvalue weighted by Gasteiger charge is 2.45. The van der Waals surface area contributed by atoms with Crippen LogP contribution in [-0.4, -0.2) is 4.57 Å². The molecule has 2 atom stereocenters. The number of aryl methyl sites for hydroxylation is 1. The number of nitrogens with zero attached hydrogens (tertiary/aromatic N) is 4. The van der Waals surface area contributed by atoms with E-state index < -0.39 is 0 Å². The number of anilines is 2. The molecule has 3 aromatic heterocycles. The number of furan rings is 1. The molecule has 6 heteroatoms. The Bertz CT molecular complexity index is 3320. The second kappa shape index (κ2) is 11.7. The molecular weight excluding hydrogens is 705 g/mol. The van der Waals surface area contributed by atoms with E-state index in [0.717, 1.165) is 58.1 Å². The summed E-state index contributed by atoms with van der Waals surface area (Å²) in [7, 11) is 0. The fourth-order valence-corrected chi connectivity index (χ4v) is 11.0. The van der Waals surface area contributed by atoms with Gasteiger partial charge in [0, 0.05) is 66.6 Å². The first-order chi connectivity index (χ1) is 27.7. The maximum Gasteiger partial charge on any atom is 0.132 e. The largest absolute Gasteiger partial charge is 0.461 e. The summed E-state index contributed by atoms with van der Waals surface area (Å²) in [4.78, 5) is 2.41. The summed E-state index contributed by atoms with van der Waals surface area (Å²) in [5.74, 6) is 2.01. The standard InChI is InChI=1S/C50H30N4OS/c51-27-30-25-40(43(26-31(30)28-52)54-42-17-6-2-12-33(42)36-22-23-45-47(48(36)54)39-15-3-7-18-44(39)55-45)29-10-9-11-32(24-29)53-41-16-5-1-13-34(41)37-20-21-38-35-14-4-8-19-46(35)56-50(38)49(37)53/h1-6,8-17,19-26,36,48H,7,18H2. The van der Waals surface area contributed by atoms with Gasteiger partial charge in [0.15, 0.2) is 0 Å². The molecular formula is C50H30N4OS. The number of aromatic nitrogens is 1. The van der Waals surface area contributed by atoms with Gasteiger partial charge in [-0.3, -0.25) is 0 Å². The van der Waals surface area contributed by atoms with Crippen LogP contribution in [0.5, 0.6) is 0 Å². The van der Waals surface area contributed by atoms with Crippen molar-refractivity contribution in [3.05, 3.63) is 173 Å². The van der Waals surface area contributed by atoms with Gasteiger partial charge < -0.3 is 13.9 Å². The summed E-state index contributed by atoms with van der Waals surface area (Å²) >= 11 is 1.84. The highest BCUT2D eigenvalue weighted by Crippen LogP contribution is 2.59. The highest BCUT2D eigenvalue weighted by molar-refractivity contribution is 7.26. The number of thiophene rings is 1. The van der Waals surface area contributed by atoms with E-state index in [4.69, 9.17) is 4.42 Å². The fourth-order valence-electron chi connectivity index (χ4n) is 9.71. The number of allylic oxidation sites excluding steroid dienone is 1. The van der Waals surface area contributed by atoms with Gasteiger partial charge in [0.25, 0.3) is 0 Å². The first-order valence-electron chi connectivity index (χ1n) is 19.0. The molecule has 0 radical (unpaired) electrons. The lowest BCUT2D eigenvalue weighted by atomic mass is 9.83. The van der Waals surface area contributed by atoms with Gasteiger partial charge >= 0.3 is 0 Å². The lowest BCUT2D eigenvalue weighted by Crippen LogP contribution is -2.25. The van der Waals surface area contributed by atoms with E-state index in [1.54, 1.807) is 0 Å². The number of fused-ring (bicyclic) bond motifs is 14. The lowest BCUT2D eigenvalue weighted by molar-refractivity contribution is 0.491. The van der Waals surface area contributed by atoms with Gasteiger partial charge in [-0.15, -0.1) is 11.3 Å². The zero-order chi connectivity index (χ0) is 37.1. The van der Waals surface area contributed by atoms with Crippen molar-refractivity contribution in [2.75, 3.05) is 4.90 Å². The van der Waals surface area contributed by atoms with Crippen molar-refractivity contribution in [3.8, 4) is 29.0 Å². The van der Waals surface area contributed by atoms with Crippen molar-refractivity contribution in [3.63, 3.8) is 0 Å². The van der Waals surface area contributed by atoms with Gasteiger partial charge in [0.05, 0.1) is 38.6 Å². The summed E-state index contributed by atoms with van der Waals surface area (Å²) in [6.45, 7) is 0. The van der Waals surface area contributed by atoms with Crippen molar-refractivity contribution < 1.29 is 4.42 Å². The quantitative estimate of drug-likeness (QED) is 0.181. The molecule has 1 aliphatic heterocycles. The predicted octanol–water partition coefficient (Wildman–Crippen LogP) is 13.1. The summed E-state index contributed by atoms with van der Waals surface area (Å²) in [5.41, 5.74) is 11.5. The average molecular weight is 735 g/mol. The van der Waals surface area contributed by atoms with Crippen molar-refractivity contribution in [2.45, 2.75) is 24.8 Å². The zero-order valence-corrected chi connectivity index (χ0v) is 30.8. The van der Waals surface area contributed by atoms with Crippen molar-refractivity contribution in [1.29, 1.82) is 10.5 Å². The number of hydrogen-bond donors (Lipinski definition) is 0. The van der Waals surface area contributed by atoms with Crippen LogP contribution in [0.4, 0.5) is 11.4 Å². The second-order valence-corrected chi connectivity index (χ2v) is 15.9. The Morgan fingerprint density at radius 3 is 2.43 bits per heavy atom. The SMILES string of the molecule is N#Cc1cc(-c2cccc(-n3c4ccccc4c4ccc5c6ccccc6sc5c43)c2)c(N2c3ccccc3C3C=Cc4oc5c(c4C32)C=CCC5)cc1C#N. The molecule has 5 nitrogen and oxygen atoms in total. The molecule has 6 aromatic carbocycles. The Hall–Kier alpha value is -7.12. The van der Waals surface area contributed by atoms with Gasteiger partial charge in [0.2, 0.25) is 0 Å². The molecule has 0 N–H and O–H groups in total. The fraction of sp³-hybridized carbons (Fsp3) is 0.0800. The molecule has 262 valence electrons. The summed E-state index contributed by atoms with van der Waals surface area (Å²) in [6, 6.07) is 47.6. The second-order valence-electron chi connectivity index (χ2n) is 14.9. The zero-order valence-electron chi connectivity index (χ0n) is 30.0. The molecule has 0 amide bonds. The summed E-state index contributed by atoms with van der Waals surface area (Å²) < 4.78 is 11.5. The number of para-hydroxylation sites is 2. The highest BCUT2D eigenvalue weighted by atomic mass is 32.1. The van der Waals surface area contributed by atoms with E-state index in [1.165, 1.54) is 53.2 Å². The molecule has 56 heavy (non-hydrogen) atoms. The molecule has 0 saturated carbocycles. The van der Waals surface area contributed by atoms with Gasteiger partial charge in [-0.05, 0) is 66.1 Å². The molecule has 9 aromatic rings. The van der Waals surface area contributed by atoms with Crippen LogP contribution in [0.3, 0.4) is 0 Å². The third kappa shape index (κ3) is 4.22. The number of hydrogen-bond acceptors (Lipinski definition) is 5. The monoisotopic (exact) mass is 734 g/mol. The number of rotatable bonds is 3. The minimum Gasteiger partial charge on any atom is -0.461 e. The van der Waals surface area contributed by atoms with Gasteiger partial charge in [-0.1, -0.05) is 97.1 Å². The maximum atomic E-state index is 10.4. The minimum absolute atomic E-state index is 0.0809. The maximum absolute atomic E-state index is 10.4. The van der Waals surface area contributed by atoms with E-state index in [2.05, 4.69) is 155 Å². The molecule has 3 aliphatic rings. The smallest absolute Gasteiger partial charge is 0.132 e. The van der Waals surface area contributed by atoms with E-state index >= 15 is 0 Å². The van der Waals surface area contributed by atoms with Crippen LogP contribution in [0, 0.1) is 22.7 Å². The van der Waals surface area contributed by atoms with E-state index in [-0.39, 0.29) is 12.0 Å². The first-order valence-corrected chi connectivity index (χ1v) is 19.8. The van der Waals surface area contributed by atoms with Crippen molar-refractivity contribution in [1.82, 2.24) is 4.57 Å². The summed E-state index contributed by atoms with van der Waals surface area (Å²) in [5, 5.41) is 25.8. The van der Waals surface area contributed by atoms with Crippen LogP contribution < -0.4 is 4.90 Å². The molecule has 0 saturated heterocycles. The molecule has 4 heterocycles. The van der Waals surface area contributed by atoms with Crippen LogP contribution >= 0.6 is 11.3 Å². The Kier molecular flexibility index (Phi) is 6.52. The molecule has 0 spiro atoms. The van der Waals surface area contributed by atoms with Gasteiger partial charge in [-0.2, -0.15) is 10.5 Å². The molecule has 0 fully saturated rings. The third-order valence-electron chi connectivity index (χ3n) is 12.1. The Labute approximate surface area is 326 Å². The lowest BCUT2D eigenvalue weighted by Gasteiger charge is -2.34. The average Bonchev–Trinajstić information content (AvgIpc) is 4.01. The molecule has 2 aliphatic carbocycles. The number of benzene rings is 6. The number of nitriles is 2. The first kappa shape index (κ1) is 31.3. The minimum atomic E-state index is -0.0948. The van der Waals surface area contributed by atoms with Gasteiger partial charge in [0.1, 0.15) is 23.7 Å². The van der Waals surface area contributed by atoms with E-state index in [9.17, 15) is 10.5 Å². The van der Waals surface area contributed by atoms with Crippen LogP contribution in [0.15, 0.2) is 138 Å². The van der Waals surface area contributed by atoms with Crippen molar-refractivity contribution in [2.24, 2.45) is 0 Å². The molecule has 0 bridgehead atoms. The van der Waals surface area contributed by atoms with Crippen molar-refractivity contribution >= 4 is 76.8 Å². The Morgan fingerprint density at radius 2 is 1.52 bits per heavy atom. The molecule has 2 unspecified atom stereocenters. The van der Waals surface area contributed by atoms with Gasteiger partial charge in [-0.25, -0.2) is 0 Å². The Balaban J connectivity index is 1.12. The van der Waals surface area contributed by atoms with Crippen LogP contribution in [0.25, 0.3) is 70.9 Å². The third-order valence-corrected chi connectivity index (χ3v) is 13.3.